The van der Waals surface area contributed by atoms with Crippen molar-refractivity contribution < 1.29 is 0 Å². The van der Waals surface area contributed by atoms with E-state index in [-0.39, 0.29) is 0 Å². The van der Waals surface area contributed by atoms with Crippen LogP contribution in [-0.2, 0) is 6.54 Å². The molecule has 0 unspecified atom stereocenters. The van der Waals surface area contributed by atoms with Crippen LogP contribution in [0, 0.1) is 0 Å². The van der Waals surface area contributed by atoms with Gasteiger partial charge in [-0.2, -0.15) is 0 Å². The van der Waals surface area contributed by atoms with E-state index in [0.29, 0.717) is 0 Å². The van der Waals surface area contributed by atoms with Crippen molar-refractivity contribution in [3.63, 3.8) is 0 Å². The van der Waals surface area contributed by atoms with Gasteiger partial charge in [0.2, 0.25) is 0 Å². The molecule has 2 nitrogen and oxygen atoms in total. The van der Waals surface area contributed by atoms with Gasteiger partial charge in [0, 0.05) is 24.5 Å². The summed E-state index contributed by atoms with van der Waals surface area (Å²) in [4.78, 5) is 2.23. The molecule has 0 saturated heterocycles. The summed E-state index contributed by atoms with van der Waals surface area (Å²) in [5.74, 6) is 0. The van der Waals surface area contributed by atoms with Crippen LogP contribution in [0.1, 0.15) is 0 Å². The number of rotatable bonds is 5. The van der Waals surface area contributed by atoms with Crippen molar-refractivity contribution in [3.05, 3.63) is 72.8 Å². The second-order valence-electron chi connectivity index (χ2n) is 5.79. The van der Waals surface area contributed by atoms with Crippen LogP contribution in [0.4, 0.5) is 0 Å². The molecule has 0 spiro atoms. The number of likely N-dealkylation sites (N-methyl/N-ethyl adjacent to an activating group) is 1. The summed E-state index contributed by atoms with van der Waals surface area (Å²) in [6.07, 6.45) is 0. The molecule has 0 N–H and O–H groups in total. The average Bonchev–Trinajstić information content (AvgIpc) is 2.98. The smallest absolute Gasteiger partial charge is 0.0485 e. The number of hydrogen-bond donors (Lipinski definition) is 0. The predicted molar refractivity (Wildman–Crippen MR) is 93.9 cm³/mol. The molecule has 112 valence electrons. The fraction of sp³-hybridized carbons (Fsp3) is 0.200. The third-order valence-corrected chi connectivity index (χ3v) is 3.89. The topological polar surface area (TPSA) is 8.17 Å². The van der Waals surface area contributed by atoms with Gasteiger partial charge in [0.15, 0.2) is 0 Å². The minimum Gasteiger partial charge on any atom is -0.339 e. The van der Waals surface area contributed by atoms with Crippen LogP contribution < -0.4 is 0 Å². The van der Waals surface area contributed by atoms with Crippen LogP contribution in [0.25, 0.3) is 22.5 Å². The molecule has 0 amide bonds. The van der Waals surface area contributed by atoms with E-state index in [4.69, 9.17) is 0 Å². The molecule has 0 bridgehead atoms. The van der Waals surface area contributed by atoms with Gasteiger partial charge in [-0.05, 0) is 37.4 Å². The lowest BCUT2D eigenvalue weighted by atomic mass is 10.1. The van der Waals surface area contributed by atoms with E-state index in [1.807, 2.05) is 0 Å². The Bertz CT molecular complexity index is 655. The highest BCUT2D eigenvalue weighted by Crippen LogP contribution is 2.28. The summed E-state index contributed by atoms with van der Waals surface area (Å²) in [6, 6.07) is 25.7. The van der Waals surface area contributed by atoms with E-state index in [2.05, 4.69) is 96.4 Å². The van der Waals surface area contributed by atoms with Crippen molar-refractivity contribution in [2.75, 3.05) is 20.6 Å². The zero-order chi connectivity index (χ0) is 15.4. The maximum absolute atomic E-state index is 2.42. The number of hydrogen-bond acceptors (Lipinski definition) is 1. The van der Waals surface area contributed by atoms with Crippen molar-refractivity contribution in [1.82, 2.24) is 9.47 Å². The minimum absolute atomic E-state index is 0.981. The molecule has 0 atom stereocenters. The Labute approximate surface area is 132 Å². The van der Waals surface area contributed by atoms with E-state index in [0.717, 1.165) is 13.1 Å². The van der Waals surface area contributed by atoms with E-state index in [1.165, 1.54) is 22.5 Å². The first-order chi connectivity index (χ1) is 10.8. The predicted octanol–water partition coefficient (Wildman–Crippen LogP) is 4.38. The molecule has 3 rings (SSSR count). The van der Waals surface area contributed by atoms with E-state index in [9.17, 15) is 0 Å². The Morgan fingerprint density at radius 1 is 0.682 bits per heavy atom. The molecule has 2 aromatic carbocycles. The Kier molecular flexibility index (Phi) is 4.40. The Balaban J connectivity index is 2.05. The first kappa shape index (κ1) is 14.6. The maximum atomic E-state index is 2.42. The standard InChI is InChI=1S/C20H22N2/c1-21(2)15-16-22-19(17-9-5-3-6-10-17)13-14-20(22)18-11-7-4-8-12-18/h3-14H,15-16H2,1-2H3. The third kappa shape index (κ3) is 3.12. The maximum Gasteiger partial charge on any atom is 0.0485 e. The second kappa shape index (κ2) is 6.63. The summed E-state index contributed by atoms with van der Waals surface area (Å²) in [7, 11) is 4.24. The SMILES string of the molecule is CN(C)CCn1c(-c2ccccc2)ccc1-c1ccccc1. The van der Waals surface area contributed by atoms with Crippen molar-refractivity contribution in [2.45, 2.75) is 6.54 Å². The van der Waals surface area contributed by atoms with Crippen LogP contribution >= 0.6 is 0 Å². The fourth-order valence-corrected chi connectivity index (χ4v) is 2.73. The van der Waals surface area contributed by atoms with Gasteiger partial charge in [0.25, 0.3) is 0 Å². The molecule has 0 aliphatic carbocycles. The second-order valence-corrected chi connectivity index (χ2v) is 5.79. The van der Waals surface area contributed by atoms with Crippen LogP contribution in [0.15, 0.2) is 72.8 Å². The molecule has 0 saturated carbocycles. The Morgan fingerprint density at radius 3 is 1.55 bits per heavy atom. The average molecular weight is 290 g/mol. The summed E-state index contributed by atoms with van der Waals surface area (Å²) in [5.41, 5.74) is 5.09. The van der Waals surface area contributed by atoms with Crippen molar-refractivity contribution in [1.29, 1.82) is 0 Å². The van der Waals surface area contributed by atoms with Crippen LogP contribution in [0.5, 0.6) is 0 Å². The number of aromatic nitrogens is 1. The quantitative estimate of drug-likeness (QED) is 0.677. The highest BCUT2D eigenvalue weighted by Gasteiger charge is 2.11. The molecule has 1 heterocycles. The largest absolute Gasteiger partial charge is 0.339 e. The summed E-state index contributed by atoms with van der Waals surface area (Å²) in [5, 5.41) is 0. The summed E-state index contributed by atoms with van der Waals surface area (Å²) in [6.45, 7) is 2.00. The molecule has 0 radical (unpaired) electrons. The molecule has 3 aromatic rings. The molecule has 0 aliphatic heterocycles. The summed E-state index contributed by atoms with van der Waals surface area (Å²) >= 11 is 0. The van der Waals surface area contributed by atoms with E-state index < -0.39 is 0 Å². The molecule has 1 aromatic heterocycles. The normalized spacial score (nSPS) is 11.0. The van der Waals surface area contributed by atoms with Gasteiger partial charge in [-0.3, -0.25) is 0 Å². The zero-order valence-electron chi connectivity index (χ0n) is 13.2. The van der Waals surface area contributed by atoms with Gasteiger partial charge in [0.1, 0.15) is 0 Å². The highest BCUT2D eigenvalue weighted by molar-refractivity contribution is 5.69. The van der Waals surface area contributed by atoms with Crippen LogP contribution in [0.3, 0.4) is 0 Å². The van der Waals surface area contributed by atoms with Crippen molar-refractivity contribution >= 4 is 0 Å². The van der Waals surface area contributed by atoms with Gasteiger partial charge in [-0.15, -0.1) is 0 Å². The molecule has 22 heavy (non-hydrogen) atoms. The first-order valence-electron chi connectivity index (χ1n) is 7.71. The first-order valence-corrected chi connectivity index (χ1v) is 7.71. The van der Waals surface area contributed by atoms with Crippen molar-refractivity contribution in [3.8, 4) is 22.5 Å². The molecular weight excluding hydrogens is 268 g/mol. The van der Waals surface area contributed by atoms with Crippen molar-refractivity contribution in [2.24, 2.45) is 0 Å². The van der Waals surface area contributed by atoms with E-state index >= 15 is 0 Å². The third-order valence-electron chi connectivity index (χ3n) is 3.89. The van der Waals surface area contributed by atoms with Gasteiger partial charge in [-0.25, -0.2) is 0 Å². The molecule has 2 heteroatoms. The lowest BCUT2D eigenvalue weighted by Gasteiger charge is -2.17. The van der Waals surface area contributed by atoms with Gasteiger partial charge in [-0.1, -0.05) is 60.7 Å². The molecule has 0 fully saturated rings. The number of nitrogens with zero attached hydrogens (tertiary/aromatic N) is 2. The highest BCUT2D eigenvalue weighted by atomic mass is 15.1. The van der Waals surface area contributed by atoms with Gasteiger partial charge >= 0.3 is 0 Å². The monoisotopic (exact) mass is 290 g/mol. The van der Waals surface area contributed by atoms with Crippen LogP contribution in [-0.4, -0.2) is 30.1 Å². The minimum atomic E-state index is 0.981. The van der Waals surface area contributed by atoms with Gasteiger partial charge < -0.3 is 9.47 Å². The lowest BCUT2D eigenvalue weighted by molar-refractivity contribution is 0.386. The lowest BCUT2D eigenvalue weighted by Crippen LogP contribution is -2.19. The zero-order valence-corrected chi connectivity index (χ0v) is 13.2. The Hall–Kier alpha value is -2.32. The Morgan fingerprint density at radius 2 is 1.14 bits per heavy atom. The van der Waals surface area contributed by atoms with Crippen LogP contribution in [0.2, 0.25) is 0 Å². The summed E-state index contributed by atoms with van der Waals surface area (Å²) < 4.78 is 2.42. The molecule has 0 aliphatic rings. The fourth-order valence-electron chi connectivity index (χ4n) is 2.73. The van der Waals surface area contributed by atoms with Gasteiger partial charge in [0.05, 0.1) is 0 Å². The molecular formula is C20H22N2. The van der Waals surface area contributed by atoms with E-state index in [1.54, 1.807) is 0 Å². The number of benzene rings is 2.